The smallest absolute Gasteiger partial charge is 0.267 e. The maximum Gasteiger partial charge on any atom is 0.271 e. The van der Waals surface area contributed by atoms with E-state index in [-0.39, 0.29) is 5.91 Å². The summed E-state index contributed by atoms with van der Waals surface area (Å²) < 4.78 is 1.49. The van der Waals surface area contributed by atoms with E-state index < -0.39 is 0 Å². The van der Waals surface area contributed by atoms with Crippen LogP contribution in [0.4, 0.5) is 0 Å². The summed E-state index contributed by atoms with van der Waals surface area (Å²) >= 11 is 0. The lowest BCUT2D eigenvalue weighted by atomic mass is 10.1. The highest BCUT2D eigenvalue weighted by atomic mass is 16.2. The summed E-state index contributed by atoms with van der Waals surface area (Å²) in [6, 6.07) is 15.8. The fourth-order valence-corrected chi connectivity index (χ4v) is 2.09. The predicted molar refractivity (Wildman–Crippen MR) is 90.0 cm³/mol. The molecule has 0 saturated heterocycles. The minimum Gasteiger partial charge on any atom is -0.267 e. The van der Waals surface area contributed by atoms with Gasteiger partial charge >= 0.3 is 0 Å². The van der Waals surface area contributed by atoms with Crippen LogP contribution in [0.15, 0.2) is 60.0 Å². The fraction of sp³-hybridized carbons (Fsp3) is 0.0588. The molecule has 0 atom stereocenters. The molecule has 1 amide bonds. The van der Waals surface area contributed by atoms with Crippen molar-refractivity contribution in [1.29, 1.82) is 5.26 Å². The summed E-state index contributed by atoms with van der Waals surface area (Å²) in [4.78, 5) is 12.2. The molecule has 0 aliphatic carbocycles. The number of hydrazone groups is 1. The average Bonchev–Trinajstić information content (AvgIpc) is 3.21. The predicted octanol–water partition coefficient (Wildman–Crippen LogP) is 1.69. The molecule has 0 radical (unpaired) electrons. The van der Waals surface area contributed by atoms with Crippen molar-refractivity contribution in [2.75, 3.05) is 0 Å². The highest BCUT2D eigenvalue weighted by Crippen LogP contribution is 2.08. The Hall–Kier alpha value is -3.86. The van der Waals surface area contributed by atoms with Gasteiger partial charge in [0.15, 0.2) is 0 Å². The molecule has 25 heavy (non-hydrogen) atoms. The van der Waals surface area contributed by atoms with E-state index in [0.29, 0.717) is 16.8 Å². The maximum absolute atomic E-state index is 12.2. The topological polar surface area (TPSA) is 109 Å². The Morgan fingerprint density at radius 1 is 1.12 bits per heavy atom. The van der Waals surface area contributed by atoms with Crippen molar-refractivity contribution in [3.05, 3.63) is 71.5 Å². The van der Waals surface area contributed by atoms with Gasteiger partial charge in [-0.05, 0) is 59.3 Å². The molecule has 1 N–H and O–H groups in total. The Kier molecular flexibility index (Phi) is 4.58. The first-order valence-corrected chi connectivity index (χ1v) is 7.36. The number of aromatic nitrogens is 4. The molecule has 8 heteroatoms. The molecule has 1 heterocycles. The minimum absolute atomic E-state index is 0.323. The Morgan fingerprint density at radius 3 is 2.40 bits per heavy atom. The van der Waals surface area contributed by atoms with E-state index in [0.717, 1.165) is 11.3 Å². The molecule has 0 spiro atoms. The number of benzene rings is 2. The fourth-order valence-electron chi connectivity index (χ4n) is 2.09. The normalized spacial score (nSPS) is 11.0. The van der Waals surface area contributed by atoms with Crippen LogP contribution in [0.3, 0.4) is 0 Å². The zero-order chi connectivity index (χ0) is 17.6. The van der Waals surface area contributed by atoms with E-state index in [1.54, 1.807) is 55.5 Å². The van der Waals surface area contributed by atoms with E-state index in [9.17, 15) is 4.79 Å². The second-order valence-electron chi connectivity index (χ2n) is 5.13. The average molecular weight is 331 g/mol. The lowest BCUT2D eigenvalue weighted by molar-refractivity contribution is 0.0955. The third-order valence-corrected chi connectivity index (χ3v) is 3.50. The molecule has 0 aliphatic heterocycles. The summed E-state index contributed by atoms with van der Waals surface area (Å²) in [5.41, 5.74) is 5.77. The molecular formula is C17H13N7O. The van der Waals surface area contributed by atoms with Gasteiger partial charge in [0.25, 0.3) is 5.91 Å². The standard InChI is InChI=1S/C17H13N7O/c1-12(14-4-2-13(10-18)3-5-14)20-21-17(25)15-6-8-16(9-7-15)24-11-19-22-23-24/h2-9,11H,1H3,(H,21,25)/b20-12+. The van der Waals surface area contributed by atoms with E-state index in [4.69, 9.17) is 5.26 Å². The van der Waals surface area contributed by atoms with Crippen molar-refractivity contribution in [2.45, 2.75) is 6.92 Å². The van der Waals surface area contributed by atoms with Crippen molar-refractivity contribution in [1.82, 2.24) is 25.6 Å². The molecular weight excluding hydrogens is 318 g/mol. The monoisotopic (exact) mass is 331 g/mol. The van der Waals surface area contributed by atoms with Gasteiger partial charge in [0.1, 0.15) is 6.33 Å². The van der Waals surface area contributed by atoms with Gasteiger partial charge in [0, 0.05) is 5.56 Å². The number of rotatable bonds is 4. The number of carbonyl (C=O) groups is 1. The number of amides is 1. The highest BCUT2D eigenvalue weighted by molar-refractivity contribution is 6.00. The Bertz CT molecular complexity index is 936. The second kappa shape index (κ2) is 7.14. The van der Waals surface area contributed by atoms with Crippen LogP contribution >= 0.6 is 0 Å². The molecule has 8 nitrogen and oxygen atoms in total. The first kappa shape index (κ1) is 16.0. The van der Waals surface area contributed by atoms with Gasteiger partial charge in [0.05, 0.1) is 23.0 Å². The quantitative estimate of drug-likeness (QED) is 0.578. The van der Waals surface area contributed by atoms with Crippen LogP contribution in [0, 0.1) is 11.3 Å². The van der Waals surface area contributed by atoms with Crippen LogP contribution in [0.25, 0.3) is 5.69 Å². The largest absolute Gasteiger partial charge is 0.271 e. The van der Waals surface area contributed by atoms with Gasteiger partial charge < -0.3 is 0 Å². The molecule has 0 saturated carbocycles. The number of carbonyl (C=O) groups excluding carboxylic acids is 1. The Labute approximate surface area is 143 Å². The lowest BCUT2D eigenvalue weighted by Gasteiger charge is -2.04. The van der Waals surface area contributed by atoms with Crippen LogP contribution < -0.4 is 5.43 Å². The van der Waals surface area contributed by atoms with Gasteiger partial charge in [-0.2, -0.15) is 10.4 Å². The van der Waals surface area contributed by atoms with Gasteiger partial charge in [-0.25, -0.2) is 10.1 Å². The third kappa shape index (κ3) is 3.73. The van der Waals surface area contributed by atoms with Crippen LogP contribution in [0.5, 0.6) is 0 Å². The van der Waals surface area contributed by atoms with Crippen LogP contribution in [0.2, 0.25) is 0 Å². The molecule has 3 aromatic rings. The first-order valence-electron chi connectivity index (χ1n) is 7.36. The summed E-state index contributed by atoms with van der Waals surface area (Å²) in [5, 5.41) is 23.8. The van der Waals surface area contributed by atoms with Crippen molar-refractivity contribution in [2.24, 2.45) is 5.10 Å². The summed E-state index contributed by atoms with van der Waals surface area (Å²) in [5.74, 6) is -0.323. The molecule has 2 aromatic carbocycles. The maximum atomic E-state index is 12.2. The molecule has 0 aliphatic rings. The number of nitriles is 1. The molecule has 0 bridgehead atoms. The zero-order valence-corrected chi connectivity index (χ0v) is 13.3. The third-order valence-electron chi connectivity index (χ3n) is 3.50. The zero-order valence-electron chi connectivity index (χ0n) is 13.3. The SMILES string of the molecule is C/C(=N\NC(=O)c1ccc(-n2cnnn2)cc1)c1ccc(C#N)cc1. The van der Waals surface area contributed by atoms with E-state index in [1.165, 1.54) is 11.0 Å². The number of hydrogen-bond donors (Lipinski definition) is 1. The lowest BCUT2D eigenvalue weighted by Crippen LogP contribution is -2.19. The number of hydrogen-bond acceptors (Lipinski definition) is 6. The van der Waals surface area contributed by atoms with Crippen molar-refractivity contribution >= 4 is 11.6 Å². The number of nitrogens with zero attached hydrogens (tertiary/aromatic N) is 6. The van der Waals surface area contributed by atoms with Crippen LogP contribution in [-0.2, 0) is 0 Å². The van der Waals surface area contributed by atoms with Gasteiger partial charge in [0.2, 0.25) is 0 Å². The number of nitrogens with one attached hydrogen (secondary N) is 1. The Balaban J connectivity index is 1.68. The van der Waals surface area contributed by atoms with E-state index in [2.05, 4.69) is 32.1 Å². The summed E-state index contributed by atoms with van der Waals surface area (Å²) in [7, 11) is 0. The second-order valence-corrected chi connectivity index (χ2v) is 5.13. The Morgan fingerprint density at radius 2 is 1.80 bits per heavy atom. The van der Waals surface area contributed by atoms with Crippen LogP contribution in [0.1, 0.15) is 28.4 Å². The molecule has 1 aromatic heterocycles. The van der Waals surface area contributed by atoms with Crippen molar-refractivity contribution in [3.63, 3.8) is 0 Å². The van der Waals surface area contributed by atoms with Gasteiger partial charge in [-0.15, -0.1) is 5.10 Å². The summed E-state index contributed by atoms with van der Waals surface area (Å²) in [6.07, 6.45) is 1.47. The highest BCUT2D eigenvalue weighted by Gasteiger charge is 2.06. The minimum atomic E-state index is -0.323. The van der Waals surface area contributed by atoms with E-state index >= 15 is 0 Å². The van der Waals surface area contributed by atoms with Crippen LogP contribution in [-0.4, -0.2) is 31.8 Å². The van der Waals surface area contributed by atoms with Crippen molar-refractivity contribution in [3.8, 4) is 11.8 Å². The van der Waals surface area contributed by atoms with Gasteiger partial charge in [-0.3, -0.25) is 4.79 Å². The molecule has 0 fully saturated rings. The van der Waals surface area contributed by atoms with Gasteiger partial charge in [-0.1, -0.05) is 12.1 Å². The number of tetrazole rings is 1. The first-order chi connectivity index (χ1) is 12.2. The van der Waals surface area contributed by atoms with Crippen molar-refractivity contribution < 1.29 is 4.79 Å². The molecule has 0 unspecified atom stereocenters. The van der Waals surface area contributed by atoms with E-state index in [1.807, 2.05) is 0 Å². The summed E-state index contributed by atoms with van der Waals surface area (Å²) in [6.45, 7) is 1.78. The molecule has 122 valence electrons. The molecule has 3 rings (SSSR count).